The summed E-state index contributed by atoms with van der Waals surface area (Å²) in [5, 5.41) is 15.8. The molecule has 31 heavy (non-hydrogen) atoms. The molecule has 1 saturated carbocycles. The summed E-state index contributed by atoms with van der Waals surface area (Å²) < 4.78 is 0.653. The molecule has 9 nitrogen and oxygen atoms in total. The third-order valence-electron chi connectivity index (χ3n) is 5.44. The smallest absolute Gasteiger partial charge is 0.344 e. The lowest BCUT2D eigenvalue weighted by Gasteiger charge is -2.22. The van der Waals surface area contributed by atoms with Crippen LogP contribution in [0, 0.1) is 0 Å². The Morgan fingerprint density at radius 3 is 2.71 bits per heavy atom. The minimum atomic E-state index is -1.22. The van der Waals surface area contributed by atoms with E-state index in [1.54, 1.807) is 31.2 Å². The molecule has 1 saturated heterocycles. The van der Waals surface area contributed by atoms with Crippen molar-refractivity contribution in [2.75, 3.05) is 11.1 Å². The number of hydrogen-bond acceptors (Lipinski definition) is 8. The SMILES string of the molecule is CC1(c2ccccc2)NC(=O)N(NC(=O)CSc2nnc(NC3CCCCC3)s2)C1=O. The van der Waals surface area contributed by atoms with Gasteiger partial charge in [-0.05, 0) is 25.3 Å². The van der Waals surface area contributed by atoms with Gasteiger partial charge in [-0.15, -0.1) is 10.2 Å². The molecule has 0 radical (unpaired) electrons. The first-order valence-electron chi connectivity index (χ1n) is 10.2. The topological polar surface area (TPSA) is 116 Å². The summed E-state index contributed by atoms with van der Waals surface area (Å²) in [6.07, 6.45) is 6.01. The Bertz CT molecular complexity index is 963. The van der Waals surface area contributed by atoms with E-state index in [1.807, 2.05) is 6.07 Å². The number of imide groups is 1. The number of benzene rings is 1. The number of thioether (sulfide) groups is 1. The van der Waals surface area contributed by atoms with E-state index in [-0.39, 0.29) is 5.75 Å². The van der Waals surface area contributed by atoms with Crippen molar-refractivity contribution in [1.82, 2.24) is 25.9 Å². The fourth-order valence-corrected chi connectivity index (χ4v) is 5.36. The Kier molecular flexibility index (Phi) is 6.42. The van der Waals surface area contributed by atoms with Gasteiger partial charge in [0.25, 0.3) is 5.91 Å². The minimum Gasteiger partial charge on any atom is -0.357 e. The van der Waals surface area contributed by atoms with E-state index in [0.717, 1.165) is 23.0 Å². The number of nitrogens with zero attached hydrogens (tertiary/aromatic N) is 3. The Morgan fingerprint density at radius 2 is 1.97 bits per heavy atom. The summed E-state index contributed by atoms with van der Waals surface area (Å²) in [6, 6.07) is 8.69. The minimum absolute atomic E-state index is 0.0111. The molecule has 11 heteroatoms. The lowest BCUT2D eigenvalue weighted by Crippen LogP contribution is -2.48. The number of hydrazine groups is 1. The summed E-state index contributed by atoms with van der Waals surface area (Å²) in [7, 11) is 0. The predicted molar refractivity (Wildman–Crippen MR) is 118 cm³/mol. The molecule has 2 heterocycles. The van der Waals surface area contributed by atoms with Crippen molar-refractivity contribution in [1.29, 1.82) is 0 Å². The average Bonchev–Trinajstić information content (AvgIpc) is 3.32. The van der Waals surface area contributed by atoms with Gasteiger partial charge in [0.1, 0.15) is 5.54 Å². The van der Waals surface area contributed by atoms with Crippen molar-refractivity contribution in [3.63, 3.8) is 0 Å². The molecule has 164 valence electrons. The van der Waals surface area contributed by atoms with Crippen molar-refractivity contribution >= 4 is 46.1 Å². The number of amides is 4. The number of carbonyl (C=O) groups excluding carboxylic acids is 3. The highest BCUT2D eigenvalue weighted by Gasteiger charge is 2.49. The molecular formula is C20H24N6O3S2. The Labute approximate surface area is 188 Å². The Morgan fingerprint density at radius 1 is 1.23 bits per heavy atom. The first-order chi connectivity index (χ1) is 15.0. The van der Waals surface area contributed by atoms with E-state index < -0.39 is 23.4 Å². The Balaban J connectivity index is 1.30. The van der Waals surface area contributed by atoms with Crippen LogP contribution in [-0.4, -0.2) is 44.8 Å². The number of urea groups is 1. The van der Waals surface area contributed by atoms with Crippen LogP contribution in [-0.2, 0) is 15.1 Å². The predicted octanol–water partition coefficient (Wildman–Crippen LogP) is 2.87. The molecule has 1 aliphatic heterocycles. The molecule has 1 atom stereocenters. The standard InChI is InChI=1S/C20H24N6O3S2/c1-20(13-8-4-2-5-9-13)16(28)26(18(29)22-20)25-15(27)12-30-19-24-23-17(31-19)21-14-10-6-3-7-11-14/h2,4-5,8-9,14H,3,6-7,10-12H2,1H3,(H,21,23)(H,22,29)(H,25,27). The van der Waals surface area contributed by atoms with E-state index in [1.165, 1.54) is 42.4 Å². The number of hydrogen-bond donors (Lipinski definition) is 3. The number of rotatable bonds is 7. The monoisotopic (exact) mass is 460 g/mol. The number of anilines is 1. The van der Waals surface area contributed by atoms with Crippen molar-refractivity contribution in [2.45, 2.75) is 54.9 Å². The second-order valence-corrected chi connectivity index (χ2v) is 9.94. The fraction of sp³-hybridized carbons (Fsp3) is 0.450. The van der Waals surface area contributed by atoms with Gasteiger partial charge in [0.15, 0.2) is 4.34 Å². The first kappa shape index (κ1) is 21.6. The van der Waals surface area contributed by atoms with Crippen LogP contribution in [0.15, 0.2) is 34.7 Å². The van der Waals surface area contributed by atoms with Crippen LogP contribution >= 0.6 is 23.1 Å². The lowest BCUT2D eigenvalue weighted by molar-refractivity contribution is -0.138. The molecule has 2 aliphatic rings. The maximum atomic E-state index is 12.8. The lowest BCUT2D eigenvalue weighted by atomic mass is 9.92. The molecule has 1 aliphatic carbocycles. The third kappa shape index (κ3) is 4.82. The maximum Gasteiger partial charge on any atom is 0.344 e. The van der Waals surface area contributed by atoms with Gasteiger partial charge in [0, 0.05) is 6.04 Å². The molecule has 1 aromatic carbocycles. The van der Waals surface area contributed by atoms with E-state index in [0.29, 0.717) is 15.9 Å². The second kappa shape index (κ2) is 9.23. The summed E-state index contributed by atoms with van der Waals surface area (Å²) >= 11 is 2.62. The van der Waals surface area contributed by atoms with Gasteiger partial charge in [0.2, 0.25) is 11.0 Å². The summed E-state index contributed by atoms with van der Waals surface area (Å²) in [6.45, 7) is 1.62. The highest BCUT2D eigenvalue weighted by molar-refractivity contribution is 8.01. The molecule has 2 fully saturated rings. The van der Waals surface area contributed by atoms with Crippen LogP contribution in [0.2, 0.25) is 0 Å². The molecule has 4 rings (SSSR count). The molecule has 0 spiro atoms. The van der Waals surface area contributed by atoms with E-state index in [9.17, 15) is 14.4 Å². The van der Waals surface area contributed by atoms with Crippen molar-refractivity contribution in [2.24, 2.45) is 0 Å². The zero-order valence-corrected chi connectivity index (χ0v) is 18.7. The van der Waals surface area contributed by atoms with Gasteiger partial charge in [-0.1, -0.05) is 72.7 Å². The van der Waals surface area contributed by atoms with Gasteiger partial charge in [-0.25, -0.2) is 4.79 Å². The van der Waals surface area contributed by atoms with E-state index >= 15 is 0 Å². The fourth-order valence-electron chi connectivity index (χ4n) is 3.74. The van der Waals surface area contributed by atoms with Crippen LogP contribution in [0.4, 0.5) is 9.93 Å². The largest absolute Gasteiger partial charge is 0.357 e. The van der Waals surface area contributed by atoms with Crippen molar-refractivity contribution in [3.05, 3.63) is 35.9 Å². The van der Waals surface area contributed by atoms with Crippen LogP contribution in [0.5, 0.6) is 0 Å². The van der Waals surface area contributed by atoms with Crippen LogP contribution < -0.4 is 16.1 Å². The van der Waals surface area contributed by atoms with E-state index in [2.05, 4.69) is 26.3 Å². The molecule has 3 N–H and O–H groups in total. The highest BCUT2D eigenvalue weighted by atomic mass is 32.2. The van der Waals surface area contributed by atoms with Crippen LogP contribution in [0.1, 0.15) is 44.6 Å². The summed E-state index contributed by atoms with van der Waals surface area (Å²) in [5.74, 6) is -0.989. The third-order valence-corrected chi connectivity index (χ3v) is 7.43. The second-order valence-electron chi connectivity index (χ2n) is 7.74. The molecule has 0 bridgehead atoms. The normalized spacial score (nSPS) is 21.8. The zero-order chi connectivity index (χ0) is 21.8. The van der Waals surface area contributed by atoms with Crippen LogP contribution in [0.3, 0.4) is 0 Å². The van der Waals surface area contributed by atoms with Crippen LogP contribution in [0.25, 0.3) is 0 Å². The van der Waals surface area contributed by atoms with Crippen molar-refractivity contribution in [3.8, 4) is 0 Å². The molecule has 1 aromatic heterocycles. The van der Waals surface area contributed by atoms with Gasteiger partial charge in [-0.2, -0.15) is 5.01 Å². The van der Waals surface area contributed by atoms with Gasteiger partial charge >= 0.3 is 6.03 Å². The summed E-state index contributed by atoms with van der Waals surface area (Å²) in [5.41, 5.74) is 1.82. The maximum absolute atomic E-state index is 12.8. The van der Waals surface area contributed by atoms with E-state index in [4.69, 9.17) is 0 Å². The molecule has 4 amide bonds. The Hall–Kier alpha value is -2.66. The first-order valence-corrected chi connectivity index (χ1v) is 12.0. The number of carbonyl (C=O) groups is 3. The number of aromatic nitrogens is 2. The summed E-state index contributed by atoms with van der Waals surface area (Å²) in [4.78, 5) is 37.5. The molecule has 1 unspecified atom stereocenters. The molecular weight excluding hydrogens is 436 g/mol. The van der Waals surface area contributed by atoms with Crippen molar-refractivity contribution < 1.29 is 14.4 Å². The van der Waals surface area contributed by atoms with Gasteiger partial charge in [-0.3, -0.25) is 15.0 Å². The van der Waals surface area contributed by atoms with Gasteiger partial charge < -0.3 is 10.6 Å². The van der Waals surface area contributed by atoms with Gasteiger partial charge in [0.05, 0.1) is 5.75 Å². The zero-order valence-electron chi connectivity index (χ0n) is 17.1. The number of nitrogens with one attached hydrogen (secondary N) is 3. The molecule has 2 aromatic rings. The highest BCUT2D eigenvalue weighted by Crippen LogP contribution is 2.29. The average molecular weight is 461 g/mol. The quantitative estimate of drug-likeness (QED) is 0.430.